The van der Waals surface area contributed by atoms with Gasteiger partial charge in [0.15, 0.2) is 0 Å². The van der Waals surface area contributed by atoms with Crippen LogP contribution >= 0.6 is 0 Å². The van der Waals surface area contributed by atoms with E-state index in [1.165, 1.54) is 0 Å². The molecule has 3 heteroatoms. The summed E-state index contributed by atoms with van der Waals surface area (Å²) in [6.45, 7) is 7.89. The van der Waals surface area contributed by atoms with Gasteiger partial charge in [-0.1, -0.05) is 36.4 Å². The van der Waals surface area contributed by atoms with Crippen molar-refractivity contribution in [3.8, 4) is 11.4 Å². The summed E-state index contributed by atoms with van der Waals surface area (Å²) in [6, 6.07) is 17.6. The number of nitrogens with two attached hydrogens (primary N) is 1. The third kappa shape index (κ3) is 4.78. The Kier molecular flexibility index (Phi) is 5.64. The van der Waals surface area contributed by atoms with Gasteiger partial charge in [0.25, 0.3) is 0 Å². The van der Waals surface area contributed by atoms with Crippen molar-refractivity contribution < 1.29 is 0 Å². The van der Waals surface area contributed by atoms with E-state index >= 15 is 0 Å². The summed E-state index contributed by atoms with van der Waals surface area (Å²) >= 11 is 0. The lowest BCUT2D eigenvalue weighted by Gasteiger charge is -2.02. The third-order valence-corrected chi connectivity index (χ3v) is 3.37. The molecule has 0 fully saturated rings. The van der Waals surface area contributed by atoms with E-state index in [1.807, 2.05) is 68.4 Å². The first-order valence-corrected chi connectivity index (χ1v) is 7.42. The predicted octanol–water partition coefficient (Wildman–Crippen LogP) is 4.75. The number of nitrogens with zero attached hydrogens (tertiary/aromatic N) is 2. The maximum atomic E-state index is 5.52. The fourth-order valence-electron chi connectivity index (χ4n) is 1.94. The molecule has 116 valence electrons. The van der Waals surface area contributed by atoms with Gasteiger partial charge < -0.3 is 5.73 Å². The molecule has 0 saturated carbocycles. The average molecular weight is 303 g/mol. The van der Waals surface area contributed by atoms with Crippen molar-refractivity contribution in [2.24, 2.45) is 0 Å². The molecule has 0 aliphatic heterocycles. The summed E-state index contributed by atoms with van der Waals surface area (Å²) in [5.41, 5.74) is 11.4. The first-order valence-electron chi connectivity index (χ1n) is 7.42. The highest BCUT2D eigenvalue weighted by molar-refractivity contribution is 5.66. The van der Waals surface area contributed by atoms with Gasteiger partial charge in [0.1, 0.15) is 0 Å². The van der Waals surface area contributed by atoms with Crippen LogP contribution in [0.15, 0.2) is 73.6 Å². The molecular weight excluding hydrogens is 282 g/mol. The van der Waals surface area contributed by atoms with Gasteiger partial charge in [-0.2, -0.15) is 0 Å². The zero-order chi connectivity index (χ0) is 16.7. The van der Waals surface area contributed by atoms with Crippen molar-refractivity contribution in [3.05, 3.63) is 84.7 Å². The highest BCUT2D eigenvalue weighted by atomic mass is 14.8. The highest BCUT2D eigenvalue weighted by Gasteiger charge is 2.01. The maximum Gasteiger partial charge on any atom is 0.0892 e. The van der Waals surface area contributed by atoms with Crippen molar-refractivity contribution in [2.45, 2.75) is 13.8 Å². The quantitative estimate of drug-likeness (QED) is 0.695. The highest BCUT2D eigenvalue weighted by Crippen LogP contribution is 2.18. The second-order valence-electron chi connectivity index (χ2n) is 5.28. The number of hydrogen-bond donors (Lipinski definition) is 1. The molecule has 3 aromatic rings. The van der Waals surface area contributed by atoms with Gasteiger partial charge in [0.2, 0.25) is 0 Å². The Morgan fingerprint density at radius 1 is 0.913 bits per heavy atom. The number of anilines is 1. The maximum absolute atomic E-state index is 5.52. The van der Waals surface area contributed by atoms with Crippen LogP contribution in [0.2, 0.25) is 0 Å². The number of aromatic nitrogens is 2. The molecule has 0 unspecified atom stereocenters. The van der Waals surface area contributed by atoms with Crippen LogP contribution in [0, 0.1) is 6.92 Å². The number of allylic oxidation sites excluding steroid dienone is 1. The lowest BCUT2D eigenvalue weighted by molar-refractivity contribution is 1.24. The van der Waals surface area contributed by atoms with Gasteiger partial charge in [-0.15, -0.1) is 0 Å². The molecule has 3 nitrogen and oxygen atoms in total. The number of para-hydroxylation sites is 1. The van der Waals surface area contributed by atoms with Gasteiger partial charge in [0, 0.05) is 18.1 Å². The molecule has 23 heavy (non-hydrogen) atoms. The van der Waals surface area contributed by atoms with Crippen molar-refractivity contribution in [1.82, 2.24) is 9.97 Å². The fraction of sp³-hybridized carbons (Fsp3) is 0.100. The molecule has 1 aromatic carbocycles. The first-order chi connectivity index (χ1) is 11.1. The molecule has 2 aromatic heterocycles. The molecular formula is C20H21N3. The number of pyridine rings is 2. The third-order valence-electron chi connectivity index (χ3n) is 3.37. The minimum atomic E-state index is 0.868. The van der Waals surface area contributed by atoms with E-state index in [4.69, 9.17) is 5.73 Å². The van der Waals surface area contributed by atoms with Crippen LogP contribution in [0.4, 0.5) is 5.69 Å². The first kappa shape index (κ1) is 16.4. The summed E-state index contributed by atoms with van der Waals surface area (Å²) in [7, 11) is 0. The molecule has 0 bridgehead atoms. The van der Waals surface area contributed by atoms with E-state index in [-0.39, 0.29) is 0 Å². The van der Waals surface area contributed by atoms with E-state index in [1.54, 1.807) is 12.4 Å². The van der Waals surface area contributed by atoms with Crippen LogP contribution in [0.3, 0.4) is 0 Å². The molecule has 0 aliphatic rings. The number of nitrogen functional groups attached to an aromatic ring is 1. The zero-order valence-corrected chi connectivity index (χ0v) is 13.5. The Labute approximate surface area is 137 Å². The van der Waals surface area contributed by atoms with Crippen molar-refractivity contribution in [3.63, 3.8) is 0 Å². The Bertz CT molecular complexity index is 759. The van der Waals surface area contributed by atoms with Crippen LogP contribution in [0.1, 0.15) is 18.1 Å². The number of benzene rings is 1. The fourth-order valence-corrected chi connectivity index (χ4v) is 1.94. The predicted molar refractivity (Wildman–Crippen MR) is 97.8 cm³/mol. The average Bonchev–Trinajstić information content (AvgIpc) is 2.59. The van der Waals surface area contributed by atoms with Crippen molar-refractivity contribution >= 4 is 11.3 Å². The smallest absolute Gasteiger partial charge is 0.0892 e. The summed E-state index contributed by atoms with van der Waals surface area (Å²) in [6.07, 6.45) is 3.55. The molecule has 0 amide bonds. The van der Waals surface area contributed by atoms with E-state index in [0.717, 1.165) is 33.8 Å². The zero-order valence-electron chi connectivity index (χ0n) is 13.5. The molecule has 2 heterocycles. The second-order valence-corrected chi connectivity index (χ2v) is 5.28. The summed E-state index contributed by atoms with van der Waals surface area (Å²) in [4.78, 5) is 8.55. The summed E-state index contributed by atoms with van der Waals surface area (Å²) in [5.74, 6) is 0. The Balaban J connectivity index is 0.000000203. The Morgan fingerprint density at radius 3 is 2.17 bits per heavy atom. The number of rotatable bonds is 2. The SMILES string of the molecule is C=C(C)c1ccnc(-c2ccccn2)c1.Cc1ccccc1N. The monoisotopic (exact) mass is 303 g/mol. The Hall–Kier alpha value is -2.94. The summed E-state index contributed by atoms with van der Waals surface area (Å²) < 4.78 is 0. The van der Waals surface area contributed by atoms with Crippen LogP contribution in [-0.2, 0) is 0 Å². The standard InChI is InChI=1S/C13H12N2.C7H9N/c1-10(2)11-6-8-15-13(9-11)12-5-3-4-7-14-12;1-6-4-2-3-5-7(6)8/h3-9H,1H2,2H3;2-5H,8H2,1H3. The molecule has 0 radical (unpaired) electrons. The van der Waals surface area contributed by atoms with E-state index < -0.39 is 0 Å². The van der Waals surface area contributed by atoms with Crippen LogP contribution in [0.5, 0.6) is 0 Å². The summed E-state index contributed by atoms with van der Waals surface area (Å²) in [5, 5.41) is 0. The molecule has 0 aliphatic carbocycles. The van der Waals surface area contributed by atoms with Crippen LogP contribution in [0.25, 0.3) is 17.0 Å². The molecule has 0 saturated heterocycles. The van der Waals surface area contributed by atoms with E-state index in [2.05, 4.69) is 16.5 Å². The molecule has 0 atom stereocenters. The number of hydrogen-bond acceptors (Lipinski definition) is 3. The van der Waals surface area contributed by atoms with E-state index in [0.29, 0.717) is 0 Å². The van der Waals surface area contributed by atoms with Gasteiger partial charge >= 0.3 is 0 Å². The van der Waals surface area contributed by atoms with Crippen LogP contribution in [-0.4, -0.2) is 9.97 Å². The molecule has 2 N–H and O–H groups in total. The van der Waals surface area contributed by atoms with Crippen molar-refractivity contribution in [1.29, 1.82) is 0 Å². The minimum Gasteiger partial charge on any atom is -0.399 e. The van der Waals surface area contributed by atoms with Gasteiger partial charge in [-0.3, -0.25) is 9.97 Å². The Morgan fingerprint density at radius 2 is 1.61 bits per heavy atom. The number of aryl methyl sites for hydroxylation is 1. The normalized spacial score (nSPS) is 9.65. The largest absolute Gasteiger partial charge is 0.399 e. The van der Waals surface area contributed by atoms with Crippen molar-refractivity contribution in [2.75, 3.05) is 5.73 Å². The van der Waals surface area contributed by atoms with Gasteiger partial charge in [0.05, 0.1) is 11.4 Å². The topological polar surface area (TPSA) is 51.8 Å². The lowest BCUT2D eigenvalue weighted by atomic mass is 10.1. The molecule has 3 rings (SSSR count). The van der Waals surface area contributed by atoms with Gasteiger partial charge in [-0.05, 0) is 55.3 Å². The van der Waals surface area contributed by atoms with E-state index in [9.17, 15) is 0 Å². The van der Waals surface area contributed by atoms with Gasteiger partial charge in [-0.25, -0.2) is 0 Å². The molecule has 0 spiro atoms. The second kappa shape index (κ2) is 7.90. The minimum absolute atomic E-state index is 0.868. The van der Waals surface area contributed by atoms with Crippen LogP contribution < -0.4 is 5.73 Å². The lowest BCUT2D eigenvalue weighted by Crippen LogP contribution is -1.88.